The summed E-state index contributed by atoms with van der Waals surface area (Å²) >= 11 is 4.23. The van der Waals surface area contributed by atoms with Gasteiger partial charge in [-0.3, -0.25) is 4.79 Å². The Morgan fingerprint density at radius 3 is 2.38 bits per heavy atom. The van der Waals surface area contributed by atoms with Crippen LogP contribution in [0.4, 0.5) is 14.5 Å². The molecule has 8 heteroatoms. The van der Waals surface area contributed by atoms with Gasteiger partial charge in [-0.2, -0.15) is 5.10 Å². The number of fused-ring (bicyclic) bond motifs is 1. The number of H-pyrrole nitrogens is 1. The Labute approximate surface area is 151 Å². The van der Waals surface area contributed by atoms with Crippen molar-refractivity contribution in [1.29, 1.82) is 0 Å². The van der Waals surface area contributed by atoms with E-state index in [1.54, 1.807) is 24.3 Å². The fourth-order valence-electron chi connectivity index (χ4n) is 2.86. The van der Waals surface area contributed by atoms with Crippen molar-refractivity contribution in [3.05, 3.63) is 70.6 Å². The number of nitrogen functional groups attached to an aromatic ring is 1. The van der Waals surface area contributed by atoms with Crippen molar-refractivity contribution in [3.8, 4) is 16.9 Å². The fourth-order valence-corrected chi connectivity index (χ4v) is 3.01. The molecule has 0 atom stereocenters. The molecule has 0 fully saturated rings. The van der Waals surface area contributed by atoms with Crippen LogP contribution in [0.2, 0.25) is 0 Å². The van der Waals surface area contributed by atoms with Crippen LogP contribution in [0.25, 0.3) is 27.8 Å². The third-order valence-electron chi connectivity index (χ3n) is 4.00. The van der Waals surface area contributed by atoms with Crippen molar-refractivity contribution in [2.45, 2.75) is 4.90 Å². The van der Waals surface area contributed by atoms with Crippen LogP contribution < -0.4 is 11.3 Å². The van der Waals surface area contributed by atoms with Gasteiger partial charge in [-0.05, 0) is 30.3 Å². The normalized spacial score (nSPS) is 11.2. The Hall–Kier alpha value is -3.13. The van der Waals surface area contributed by atoms with Gasteiger partial charge >= 0.3 is 0 Å². The van der Waals surface area contributed by atoms with Crippen LogP contribution >= 0.6 is 12.6 Å². The van der Waals surface area contributed by atoms with E-state index in [-0.39, 0.29) is 16.6 Å². The second-order valence-electron chi connectivity index (χ2n) is 5.71. The first-order valence-corrected chi connectivity index (χ1v) is 8.05. The largest absolute Gasteiger partial charge is 0.399 e. The van der Waals surface area contributed by atoms with E-state index in [9.17, 15) is 13.6 Å². The number of halogens is 2. The average Bonchev–Trinajstić information content (AvgIpc) is 2.95. The van der Waals surface area contributed by atoms with Crippen molar-refractivity contribution in [3.63, 3.8) is 0 Å². The van der Waals surface area contributed by atoms with Crippen LogP contribution in [0.1, 0.15) is 0 Å². The molecule has 0 bridgehead atoms. The van der Waals surface area contributed by atoms with Crippen LogP contribution in [0.15, 0.2) is 58.4 Å². The van der Waals surface area contributed by atoms with E-state index in [0.29, 0.717) is 11.3 Å². The lowest BCUT2D eigenvalue weighted by molar-refractivity contribution is 0.564. The number of anilines is 1. The maximum absolute atomic E-state index is 14.4. The number of pyridine rings is 1. The molecule has 0 amide bonds. The molecule has 0 aliphatic carbocycles. The van der Waals surface area contributed by atoms with Gasteiger partial charge in [-0.25, -0.2) is 13.5 Å². The summed E-state index contributed by atoms with van der Waals surface area (Å²) in [5.74, 6) is -1.74. The number of thiol groups is 1. The first-order valence-electron chi connectivity index (χ1n) is 7.60. The van der Waals surface area contributed by atoms with E-state index in [2.05, 4.69) is 22.7 Å². The number of nitrogens with two attached hydrogens (primary N) is 1. The minimum atomic E-state index is -0.871. The van der Waals surface area contributed by atoms with Gasteiger partial charge in [0.05, 0.1) is 10.9 Å². The molecule has 0 aliphatic heterocycles. The lowest BCUT2D eigenvalue weighted by Crippen LogP contribution is -2.07. The molecule has 5 nitrogen and oxygen atoms in total. The fraction of sp³-hybridized carbons (Fsp3) is 0. The molecule has 2 aromatic carbocycles. The predicted octanol–water partition coefficient (Wildman–Crippen LogP) is 3.53. The molecule has 2 heterocycles. The lowest BCUT2D eigenvalue weighted by atomic mass is 10.1. The van der Waals surface area contributed by atoms with Crippen LogP contribution in [0.5, 0.6) is 0 Å². The lowest BCUT2D eigenvalue weighted by Gasteiger charge is -2.07. The van der Waals surface area contributed by atoms with Crippen molar-refractivity contribution in [2.75, 3.05) is 5.73 Å². The molecule has 0 saturated heterocycles. The van der Waals surface area contributed by atoms with Gasteiger partial charge in [0.2, 0.25) is 0 Å². The molecule has 4 aromatic rings. The highest BCUT2D eigenvalue weighted by Gasteiger charge is 2.21. The summed E-state index contributed by atoms with van der Waals surface area (Å²) in [5, 5.41) is 4.55. The number of aromatic nitrogens is 3. The number of nitrogens with one attached hydrogen (secondary N) is 1. The van der Waals surface area contributed by atoms with Crippen LogP contribution in [-0.4, -0.2) is 14.8 Å². The smallest absolute Gasteiger partial charge is 0.259 e. The van der Waals surface area contributed by atoms with Crippen molar-refractivity contribution >= 4 is 29.2 Å². The third-order valence-corrected chi connectivity index (χ3v) is 4.29. The van der Waals surface area contributed by atoms with Gasteiger partial charge in [0.25, 0.3) is 5.56 Å². The van der Waals surface area contributed by atoms with Gasteiger partial charge in [-0.1, -0.05) is 12.1 Å². The molecule has 0 spiro atoms. The van der Waals surface area contributed by atoms with E-state index in [1.165, 1.54) is 12.3 Å². The van der Waals surface area contributed by atoms with Crippen molar-refractivity contribution < 1.29 is 8.78 Å². The first-order chi connectivity index (χ1) is 12.5. The monoisotopic (exact) mass is 370 g/mol. The summed E-state index contributed by atoms with van der Waals surface area (Å²) < 4.78 is 29.9. The molecule has 2 aromatic heterocycles. The number of rotatable bonds is 2. The molecule has 0 saturated carbocycles. The van der Waals surface area contributed by atoms with E-state index in [0.717, 1.165) is 21.7 Å². The van der Waals surface area contributed by atoms with Gasteiger partial charge in [0.1, 0.15) is 11.4 Å². The van der Waals surface area contributed by atoms with Gasteiger partial charge < -0.3 is 10.7 Å². The minimum Gasteiger partial charge on any atom is -0.399 e. The summed E-state index contributed by atoms with van der Waals surface area (Å²) in [6.07, 6.45) is 1.40. The summed E-state index contributed by atoms with van der Waals surface area (Å²) in [5.41, 5.74) is 5.85. The van der Waals surface area contributed by atoms with E-state index in [1.807, 2.05) is 0 Å². The molecule has 130 valence electrons. The highest BCUT2D eigenvalue weighted by molar-refractivity contribution is 7.80. The van der Waals surface area contributed by atoms with Gasteiger partial charge in [0.15, 0.2) is 11.6 Å². The zero-order valence-electron chi connectivity index (χ0n) is 13.2. The Balaban J connectivity index is 2.09. The molecular weight excluding hydrogens is 358 g/mol. The van der Waals surface area contributed by atoms with Gasteiger partial charge in [0, 0.05) is 22.3 Å². The maximum Gasteiger partial charge on any atom is 0.259 e. The SMILES string of the molecule is Nc1cc(F)c(-n2nc(-c3ccc(S)cc3)c3c(=O)[nH]ccc32)c(F)c1. The van der Waals surface area contributed by atoms with E-state index in [4.69, 9.17) is 5.73 Å². The van der Waals surface area contributed by atoms with Crippen molar-refractivity contribution in [2.24, 2.45) is 0 Å². The van der Waals surface area contributed by atoms with E-state index < -0.39 is 22.9 Å². The maximum atomic E-state index is 14.4. The Morgan fingerprint density at radius 1 is 1.08 bits per heavy atom. The average molecular weight is 370 g/mol. The van der Waals surface area contributed by atoms with Crippen LogP contribution in [0.3, 0.4) is 0 Å². The molecule has 0 aliphatic rings. The van der Waals surface area contributed by atoms with Crippen LogP contribution in [-0.2, 0) is 0 Å². The second kappa shape index (κ2) is 5.99. The molecule has 4 rings (SSSR count). The molecule has 26 heavy (non-hydrogen) atoms. The first kappa shape index (κ1) is 16.3. The highest BCUT2D eigenvalue weighted by atomic mass is 32.1. The number of hydrogen-bond donors (Lipinski definition) is 3. The van der Waals surface area contributed by atoms with E-state index >= 15 is 0 Å². The summed E-state index contributed by atoms with van der Waals surface area (Å²) in [6.45, 7) is 0. The molecule has 3 N–H and O–H groups in total. The highest BCUT2D eigenvalue weighted by Crippen LogP contribution is 2.30. The number of hydrogen-bond acceptors (Lipinski definition) is 4. The molecule has 0 unspecified atom stereocenters. The second-order valence-corrected chi connectivity index (χ2v) is 6.22. The Morgan fingerprint density at radius 2 is 1.73 bits per heavy atom. The number of benzene rings is 2. The van der Waals surface area contributed by atoms with Gasteiger partial charge in [-0.15, -0.1) is 12.6 Å². The zero-order chi connectivity index (χ0) is 18.4. The van der Waals surface area contributed by atoms with Crippen LogP contribution in [0, 0.1) is 11.6 Å². The number of nitrogens with zero attached hydrogens (tertiary/aromatic N) is 2. The quantitative estimate of drug-likeness (QED) is 0.373. The standard InChI is InChI=1S/C18H12F2N4OS/c19-12-7-10(21)8-13(20)17(12)24-14-5-6-22-18(25)15(14)16(23-24)9-1-3-11(26)4-2-9/h1-8,26H,21H2,(H,22,25). The van der Waals surface area contributed by atoms with Crippen molar-refractivity contribution in [1.82, 2.24) is 14.8 Å². The predicted molar refractivity (Wildman–Crippen MR) is 98.7 cm³/mol. The Kier molecular flexibility index (Phi) is 3.77. The third kappa shape index (κ3) is 2.55. The summed E-state index contributed by atoms with van der Waals surface area (Å²) in [6, 6.07) is 10.5. The zero-order valence-corrected chi connectivity index (χ0v) is 14.1. The minimum absolute atomic E-state index is 0.0392. The number of aromatic amines is 1. The Bertz CT molecular complexity index is 1180. The molecule has 0 radical (unpaired) electrons. The molecular formula is C18H12F2N4OS. The summed E-state index contributed by atoms with van der Waals surface area (Å²) in [7, 11) is 0. The summed E-state index contributed by atoms with van der Waals surface area (Å²) in [4.78, 5) is 15.7. The topological polar surface area (TPSA) is 76.7 Å².